The van der Waals surface area contributed by atoms with E-state index in [1.54, 1.807) is 0 Å². The highest BCUT2D eigenvalue weighted by Crippen LogP contribution is 2.49. The second-order valence-electron chi connectivity index (χ2n) is 6.13. The summed E-state index contributed by atoms with van der Waals surface area (Å²) in [4.78, 5) is 0. The maximum atomic E-state index is 9.36. The van der Waals surface area contributed by atoms with Crippen molar-refractivity contribution in [3.8, 4) is 5.75 Å². The Labute approximate surface area is 115 Å². The van der Waals surface area contributed by atoms with E-state index in [9.17, 15) is 5.11 Å². The molecule has 2 heteroatoms. The predicted molar refractivity (Wildman–Crippen MR) is 76.7 cm³/mol. The average Bonchev–Trinajstić information content (AvgIpc) is 2.86. The lowest BCUT2D eigenvalue weighted by molar-refractivity contribution is 0.0381. The van der Waals surface area contributed by atoms with Crippen LogP contribution in [0.1, 0.15) is 62.5 Å². The normalized spacial score (nSPS) is 24.2. The second kappa shape index (κ2) is 5.16. The van der Waals surface area contributed by atoms with Crippen molar-refractivity contribution in [2.45, 2.75) is 63.4 Å². The first kappa shape index (κ1) is 13.0. The van der Waals surface area contributed by atoms with Gasteiger partial charge in [-0.1, -0.05) is 19.1 Å². The van der Waals surface area contributed by atoms with Gasteiger partial charge < -0.3 is 9.84 Å². The number of hydrogen-bond acceptors (Lipinski definition) is 2. The average molecular weight is 260 g/mol. The van der Waals surface area contributed by atoms with Gasteiger partial charge in [-0.15, -0.1) is 0 Å². The largest absolute Gasteiger partial charge is 0.487 e. The van der Waals surface area contributed by atoms with Gasteiger partial charge in [0.2, 0.25) is 0 Å². The number of aryl methyl sites for hydroxylation is 1. The van der Waals surface area contributed by atoms with Crippen molar-refractivity contribution in [2.24, 2.45) is 0 Å². The zero-order valence-electron chi connectivity index (χ0n) is 11.8. The van der Waals surface area contributed by atoms with Gasteiger partial charge in [-0.05, 0) is 68.1 Å². The highest BCUT2D eigenvalue weighted by Gasteiger charge is 2.42. The molecule has 1 unspecified atom stereocenters. The van der Waals surface area contributed by atoms with Crippen LogP contribution < -0.4 is 4.74 Å². The monoisotopic (exact) mass is 260 g/mol. The van der Waals surface area contributed by atoms with Crippen molar-refractivity contribution in [3.05, 3.63) is 29.3 Å². The smallest absolute Gasteiger partial charge is 0.123 e. The SMILES string of the molecule is CCc1ccc2c(c1)C(CCO)CC1(CCCC1)O2. The van der Waals surface area contributed by atoms with E-state index in [1.807, 2.05) is 0 Å². The molecule has 0 radical (unpaired) electrons. The molecule has 0 bridgehead atoms. The number of aliphatic hydroxyl groups excluding tert-OH is 1. The summed E-state index contributed by atoms with van der Waals surface area (Å²) in [5.74, 6) is 1.54. The molecule has 1 spiro atoms. The second-order valence-corrected chi connectivity index (χ2v) is 6.13. The standard InChI is InChI=1S/C17H24O2/c1-2-13-5-6-16-15(11-13)14(7-10-18)12-17(19-16)8-3-4-9-17/h5-6,11,14,18H,2-4,7-10,12H2,1H3. The molecule has 1 saturated carbocycles. The molecule has 1 aromatic rings. The molecule has 1 fully saturated rings. The fourth-order valence-electron chi connectivity index (χ4n) is 3.80. The molecule has 1 atom stereocenters. The summed E-state index contributed by atoms with van der Waals surface area (Å²) >= 11 is 0. The topological polar surface area (TPSA) is 29.5 Å². The summed E-state index contributed by atoms with van der Waals surface area (Å²) in [6, 6.07) is 6.62. The van der Waals surface area contributed by atoms with E-state index < -0.39 is 0 Å². The van der Waals surface area contributed by atoms with Crippen molar-refractivity contribution in [3.63, 3.8) is 0 Å². The zero-order chi connectivity index (χ0) is 13.3. The van der Waals surface area contributed by atoms with Gasteiger partial charge >= 0.3 is 0 Å². The molecule has 2 aliphatic rings. The zero-order valence-corrected chi connectivity index (χ0v) is 11.8. The third-order valence-corrected chi connectivity index (χ3v) is 4.86. The summed E-state index contributed by atoms with van der Waals surface area (Å²) in [5, 5.41) is 9.36. The third kappa shape index (κ3) is 2.38. The van der Waals surface area contributed by atoms with Crippen LogP contribution in [0.15, 0.2) is 18.2 Å². The van der Waals surface area contributed by atoms with Crippen LogP contribution in [0.3, 0.4) is 0 Å². The number of aliphatic hydroxyl groups is 1. The minimum absolute atomic E-state index is 0.0700. The lowest BCUT2D eigenvalue weighted by atomic mass is 9.79. The van der Waals surface area contributed by atoms with E-state index in [1.165, 1.54) is 36.8 Å². The van der Waals surface area contributed by atoms with E-state index in [4.69, 9.17) is 4.74 Å². The maximum Gasteiger partial charge on any atom is 0.123 e. The molecule has 0 amide bonds. The first-order valence-electron chi connectivity index (χ1n) is 7.69. The van der Waals surface area contributed by atoms with Crippen molar-refractivity contribution < 1.29 is 9.84 Å². The molecule has 1 aromatic carbocycles. The Balaban J connectivity index is 1.96. The van der Waals surface area contributed by atoms with Crippen LogP contribution in [0.25, 0.3) is 0 Å². The van der Waals surface area contributed by atoms with Gasteiger partial charge in [0.05, 0.1) is 0 Å². The van der Waals surface area contributed by atoms with Crippen molar-refractivity contribution in [1.82, 2.24) is 0 Å². The minimum atomic E-state index is 0.0700. The molecule has 0 aromatic heterocycles. The maximum absolute atomic E-state index is 9.36. The summed E-state index contributed by atoms with van der Waals surface area (Å²) in [6.45, 7) is 2.46. The number of hydrogen-bond donors (Lipinski definition) is 1. The molecule has 1 aliphatic heterocycles. The van der Waals surface area contributed by atoms with E-state index in [-0.39, 0.29) is 12.2 Å². The Morgan fingerprint density at radius 3 is 2.79 bits per heavy atom. The minimum Gasteiger partial charge on any atom is -0.487 e. The molecule has 19 heavy (non-hydrogen) atoms. The van der Waals surface area contributed by atoms with E-state index in [0.29, 0.717) is 5.92 Å². The lowest BCUT2D eigenvalue weighted by Crippen LogP contribution is -2.38. The third-order valence-electron chi connectivity index (χ3n) is 4.86. The van der Waals surface area contributed by atoms with Crippen LogP contribution in [0.2, 0.25) is 0 Å². The fraction of sp³-hybridized carbons (Fsp3) is 0.647. The van der Waals surface area contributed by atoms with Gasteiger partial charge in [-0.2, -0.15) is 0 Å². The highest BCUT2D eigenvalue weighted by molar-refractivity contribution is 5.42. The molecule has 1 N–H and O–H groups in total. The summed E-state index contributed by atoms with van der Waals surface area (Å²) < 4.78 is 6.37. The lowest BCUT2D eigenvalue weighted by Gasteiger charge is -2.40. The van der Waals surface area contributed by atoms with Crippen LogP contribution in [0, 0.1) is 0 Å². The van der Waals surface area contributed by atoms with Crippen molar-refractivity contribution >= 4 is 0 Å². The quantitative estimate of drug-likeness (QED) is 0.895. The van der Waals surface area contributed by atoms with E-state index in [0.717, 1.165) is 25.0 Å². The molecule has 3 rings (SSSR count). The molecule has 0 saturated heterocycles. The number of fused-ring (bicyclic) bond motifs is 1. The Hall–Kier alpha value is -1.02. The Morgan fingerprint density at radius 1 is 1.32 bits per heavy atom. The molecule has 104 valence electrons. The van der Waals surface area contributed by atoms with E-state index in [2.05, 4.69) is 25.1 Å². The van der Waals surface area contributed by atoms with Gasteiger partial charge in [0.1, 0.15) is 11.4 Å². The van der Waals surface area contributed by atoms with Gasteiger partial charge in [0.25, 0.3) is 0 Å². The van der Waals surface area contributed by atoms with Gasteiger partial charge in [0, 0.05) is 6.61 Å². The first-order valence-corrected chi connectivity index (χ1v) is 7.69. The highest BCUT2D eigenvalue weighted by atomic mass is 16.5. The van der Waals surface area contributed by atoms with Gasteiger partial charge in [0.15, 0.2) is 0 Å². The van der Waals surface area contributed by atoms with Crippen LogP contribution in [0.5, 0.6) is 5.75 Å². The number of rotatable bonds is 3. The number of benzene rings is 1. The Morgan fingerprint density at radius 2 is 2.11 bits per heavy atom. The summed E-state index contributed by atoms with van der Waals surface area (Å²) in [6.07, 6.45) is 7.96. The molecular weight excluding hydrogens is 236 g/mol. The van der Waals surface area contributed by atoms with Crippen LogP contribution in [-0.4, -0.2) is 17.3 Å². The molecule has 2 nitrogen and oxygen atoms in total. The molecule has 1 heterocycles. The van der Waals surface area contributed by atoms with Crippen LogP contribution >= 0.6 is 0 Å². The fourth-order valence-corrected chi connectivity index (χ4v) is 3.80. The summed E-state index contributed by atoms with van der Waals surface area (Å²) in [5.41, 5.74) is 2.76. The summed E-state index contributed by atoms with van der Waals surface area (Å²) in [7, 11) is 0. The Bertz CT molecular complexity index is 447. The van der Waals surface area contributed by atoms with Gasteiger partial charge in [-0.25, -0.2) is 0 Å². The number of ether oxygens (including phenoxy) is 1. The molecule has 1 aliphatic carbocycles. The van der Waals surface area contributed by atoms with Gasteiger partial charge in [-0.3, -0.25) is 0 Å². The molecular formula is C17H24O2. The predicted octanol–water partition coefficient (Wildman–Crippen LogP) is 3.81. The first-order chi connectivity index (χ1) is 9.26. The van der Waals surface area contributed by atoms with Crippen molar-refractivity contribution in [1.29, 1.82) is 0 Å². The van der Waals surface area contributed by atoms with Crippen LogP contribution in [-0.2, 0) is 6.42 Å². The van der Waals surface area contributed by atoms with Crippen molar-refractivity contribution in [2.75, 3.05) is 6.61 Å². The Kier molecular flexibility index (Phi) is 3.53. The van der Waals surface area contributed by atoms with Crippen LogP contribution in [0.4, 0.5) is 0 Å². The van der Waals surface area contributed by atoms with E-state index >= 15 is 0 Å².